The van der Waals surface area contributed by atoms with Crippen molar-refractivity contribution in [2.45, 2.75) is 26.3 Å². The lowest BCUT2D eigenvalue weighted by atomic mass is 10.1. The van der Waals surface area contributed by atoms with Crippen LogP contribution in [0.1, 0.15) is 30.6 Å². The van der Waals surface area contributed by atoms with Crippen molar-refractivity contribution in [2.75, 3.05) is 33.0 Å². The average Bonchev–Trinajstić information content (AvgIpc) is 2.52. The molecule has 0 aliphatic heterocycles. The molecular formula is C16H25NO4. The minimum absolute atomic E-state index is 0.0148. The molecule has 0 fully saturated rings. The van der Waals surface area contributed by atoms with Gasteiger partial charge in [-0.05, 0) is 37.6 Å². The number of carbonyl (C=O) groups excluding carboxylic acids is 1. The smallest absolute Gasteiger partial charge is 0.179 e. The molecule has 1 aromatic carbocycles. The normalized spacial score (nSPS) is 12.1. The molecule has 0 saturated heterocycles. The quantitative estimate of drug-likeness (QED) is 0.480. The molecule has 0 heterocycles. The van der Waals surface area contributed by atoms with Gasteiger partial charge in [-0.1, -0.05) is 6.92 Å². The lowest BCUT2D eigenvalue weighted by molar-refractivity contribution is 0.0870. The van der Waals surface area contributed by atoms with Crippen molar-refractivity contribution in [2.24, 2.45) is 0 Å². The largest absolute Gasteiger partial charge is 0.494 e. The summed E-state index contributed by atoms with van der Waals surface area (Å²) < 4.78 is 10.6. The average molecular weight is 295 g/mol. The molecule has 118 valence electrons. The van der Waals surface area contributed by atoms with E-state index in [1.807, 2.05) is 19.1 Å². The third-order valence-corrected chi connectivity index (χ3v) is 2.94. The van der Waals surface area contributed by atoms with E-state index < -0.39 is 0 Å². The second-order valence-electron chi connectivity index (χ2n) is 4.75. The van der Waals surface area contributed by atoms with Crippen molar-refractivity contribution in [1.82, 2.24) is 5.32 Å². The molecule has 0 aromatic heterocycles. The zero-order chi connectivity index (χ0) is 15.5. The van der Waals surface area contributed by atoms with Crippen molar-refractivity contribution in [3.8, 4) is 5.75 Å². The summed E-state index contributed by atoms with van der Waals surface area (Å²) in [5, 5.41) is 11.7. The van der Waals surface area contributed by atoms with Gasteiger partial charge in [-0.2, -0.15) is 0 Å². The first-order valence-corrected chi connectivity index (χ1v) is 7.38. The summed E-state index contributed by atoms with van der Waals surface area (Å²) in [5.41, 5.74) is 0.662. The fourth-order valence-corrected chi connectivity index (χ4v) is 1.79. The van der Waals surface area contributed by atoms with Gasteiger partial charge in [0.15, 0.2) is 5.78 Å². The Kier molecular flexibility index (Phi) is 8.66. The highest BCUT2D eigenvalue weighted by Crippen LogP contribution is 2.13. The van der Waals surface area contributed by atoms with Crippen molar-refractivity contribution >= 4 is 5.78 Å². The standard InChI is InChI=1S/C16H25NO4/c1-3-10-21-15-6-4-14(5-7-15)16(19)13(2)17-8-11-20-12-9-18/h4-7,13,17-18H,3,8-12H2,1-2H3. The molecule has 1 rings (SSSR count). The van der Waals surface area contributed by atoms with Crippen LogP contribution in [0.2, 0.25) is 0 Å². The minimum atomic E-state index is -0.273. The van der Waals surface area contributed by atoms with Crippen LogP contribution in [0.4, 0.5) is 0 Å². The maximum absolute atomic E-state index is 12.2. The monoisotopic (exact) mass is 295 g/mol. The second kappa shape index (κ2) is 10.3. The van der Waals surface area contributed by atoms with E-state index in [1.165, 1.54) is 0 Å². The molecule has 0 aliphatic carbocycles. The minimum Gasteiger partial charge on any atom is -0.494 e. The molecular weight excluding hydrogens is 270 g/mol. The number of aliphatic hydroxyl groups excluding tert-OH is 1. The highest BCUT2D eigenvalue weighted by molar-refractivity contribution is 5.99. The zero-order valence-corrected chi connectivity index (χ0v) is 12.8. The lowest BCUT2D eigenvalue weighted by Gasteiger charge is -2.13. The van der Waals surface area contributed by atoms with Gasteiger partial charge in [0.05, 0.1) is 32.5 Å². The van der Waals surface area contributed by atoms with Crippen LogP contribution < -0.4 is 10.1 Å². The maximum atomic E-state index is 12.2. The Morgan fingerprint density at radius 3 is 2.57 bits per heavy atom. The Bertz CT molecular complexity index is 405. The molecule has 5 heteroatoms. The summed E-state index contributed by atoms with van der Waals surface area (Å²) >= 11 is 0. The highest BCUT2D eigenvalue weighted by Gasteiger charge is 2.14. The van der Waals surface area contributed by atoms with E-state index in [0.717, 1.165) is 12.2 Å². The van der Waals surface area contributed by atoms with Gasteiger partial charge >= 0.3 is 0 Å². The first-order chi connectivity index (χ1) is 10.2. The number of ether oxygens (including phenoxy) is 2. The Morgan fingerprint density at radius 1 is 1.24 bits per heavy atom. The molecule has 5 nitrogen and oxygen atoms in total. The number of hydrogen-bond acceptors (Lipinski definition) is 5. The van der Waals surface area contributed by atoms with Gasteiger partial charge in [0.1, 0.15) is 5.75 Å². The summed E-state index contributed by atoms with van der Waals surface area (Å²) in [6.07, 6.45) is 0.958. The molecule has 0 bridgehead atoms. The number of hydrogen-bond donors (Lipinski definition) is 2. The van der Waals surface area contributed by atoms with Crippen LogP contribution in [-0.2, 0) is 4.74 Å². The topological polar surface area (TPSA) is 67.8 Å². The molecule has 2 N–H and O–H groups in total. The third-order valence-electron chi connectivity index (χ3n) is 2.94. The number of rotatable bonds is 11. The van der Waals surface area contributed by atoms with Crippen LogP contribution in [0.5, 0.6) is 5.75 Å². The summed E-state index contributed by atoms with van der Waals surface area (Å²) in [4.78, 5) is 12.2. The van der Waals surface area contributed by atoms with Crippen LogP contribution in [0.3, 0.4) is 0 Å². The fourth-order valence-electron chi connectivity index (χ4n) is 1.79. The summed E-state index contributed by atoms with van der Waals surface area (Å²) in [7, 11) is 0. The van der Waals surface area contributed by atoms with Crippen LogP contribution in [0.15, 0.2) is 24.3 Å². The van der Waals surface area contributed by atoms with E-state index in [1.54, 1.807) is 12.1 Å². The lowest BCUT2D eigenvalue weighted by Crippen LogP contribution is -2.36. The summed E-state index contributed by atoms with van der Waals surface area (Å²) in [6, 6.07) is 6.94. The second-order valence-corrected chi connectivity index (χ2v) is 4.75. The summed E-state index contributed by atoms with van der Waals surface area (Å²) in [5.74, 6) is 0.825. The first-order valence-electron chi connectivity index (χ1n) is 7.38. The van der Waals surface area contributed by atoms with E-state index in [4.69, 9.17) is 14.6 Å². The third kappa shape index (κ3) is 6.71. The van der Waals surface area contributed by atoms with E-state index in [-0.39, 0.29) is 18.4 Å². The van der Waals surface area contributed by atoms with Crippen LogP contribution in [0, 0.1) is 0 Å². The van der Waals surface area contributed by atoms with Gasteiger partial charge in [-0.25, -0.2) is 0 Å². The van der Waals surface area contributed by atoms with Crippen molar-refractivity contribution in [3.05, 3.63) is 29.8 Å². The van der Waals surface area contributed by atoms with Gasteiger partial charge in [-0.15, -0.1) is 0 Å². The fraction of sp³-hybridized carbons (Fsp3) is 0.562. The predicted molar refractivity (Wildman–Crippen MR) is 81.9 cm³/mol. The van der Waals surface area contributed by atoms with E-state index in [2.05, 4.69) is 12.2 Å². The molecule has 0 spiro atoms. The molecule has 0 aliphatic rings. The predicted octanol–water partition coefficient (Wildman–Crippen LogP) is 1.65. The number of aliphatic hydroxyl groups is 1. The van der Waals surface area contributed by atoms with E-state index in [9.17, 15) is 4.79 Å². The Balaban J connectivity index is 2.39. The van der Waals surface area contributed by atoms with Crippen molar-refractivity contribution in [1.29, 1.82) is 0 Å². The maximum Gasteiger partial charge on any atom is 0.179 e. The number of Topliss-reactive ketones (excluding diaryl/α,β-unsaturated/α-hetero) is 1. The molecule has 1 unspecified atom stereocenters. The number of nitrogens with one attached hydrogen (secondary N) is 1. The van der Waals surface area contributed by atoms with Gasteiger partial charge in [0, 0.05) is 12.1 Å². The van der Waals surface area contributed by atoms with Gasteiger partial charge in [0.25, 0.3) is 0 Å². The molecule has 1 aromatic rings. The number of ketones is 1. The SMILES string of the molecule is CCCOc1ccc(C(=O)C(C)NCCOCCO)cc1. The Labute approximate surface area is 126 Å². The van der Waals surface area contributed by atoms with Gasteiger partial charge < -0.3 is 19.9 Å². The Morgan fingerprint density at radius 2 is 1.95 bits per heavy atom. The number of benzene rings is 1. The highest BCUT2D eigenvalue weighted by atomic mass is 16.5. The first kappa shape index (κ1) is 17.6. The van der Waals surface area contributed by atoms with Gasteiger partial charge in [-0.3, -0.25) is 4.79 Å². The summed E-state index contributed by atoms with van der Waals surface area (Å²) in [6.45, 7) is 5.95. The number of carbonyl (C=O) groups is 1. The van der Waals surface area contributed by atoms with E-state index >= 15 is 0 Å². The zero-order valence-electron chi connectivity index (χ0n) is 12.8. The van der Waals surface area contributed by atoms with Crippen LogP contribution in [-0.4, -0.2) is 49.9 Å². The van der Waals surface area contributed by atoms with Crippen LogP contribution in [0.25, 0.3) is 0 Å². The van der Waals surface area contributed by atoms with Crippen molar-refractivity contribution in [3.63, 3.8) is 0 Å². The molecule has 0 amide bonds. The van der Waals surface area contributed by atoms with Crippen molar-refractivity contribution < 1.29 is 19.4 Å². The van der Waals surface area contributed by atoms with E-state index in [0.29, 0.717) is 31.9 Å². The molecule has 1 atom stereocenters. The molecule has 0 saturated carbocycles. The molecule has 0 radical (unpaired) electrons. The van der Waals surface area contributed by atoms with Crippen LogP contribution >= 0.6 is 0 Å². The Hall–Kier alpha value is -1.43. The molecule has 21 heavy (non-hydrogen) atoms. The van der Waals surface area contributed by atoms with Gasteiger partial charge in [0.2, 0.25) is 0 Å².